The molecule has 1 aliphatic rings. The summed E-state index contributed by atoms with van der Waals surface area (Å²) in [6, 6.07) is 9.85. The number of methoxy groups -OCH3 is 2. The van der Waals surface area contributed by atoms with Gasteiger partial charge in [-0.25, -0.2) is 0 Å². The molecular formula is C19H25N3O3. The van der Waals surface area contributed by atoms with Crippen LogP contribution in [0.5, 0.6) is 11.5 Å². The van der Waals surface area contributed by atoms with Gasteiger partial charge in [-0.2, -0.15) is 0 Å². The molecule has 0 saturated carbocycles. The third kappa shape index (κ3) is 3.79. The first-order chi connectivity index (χ1) is 12.1. The van der Waals surface area contributed by atoms with E-state index in [1.54, 1.807) is 32.4 Å². The van der Waals surface area contributed by atoms with Gasteiger partial charge in [0.05, 0.1) is 32.5 Å². The van der Waals surface area contributed by atoms with Crippen molar-refractivity contribution in [3.63, 3.8) is 0 Å². The highest BCUT2D eigenvalue weighted by Crippen LogP contribution is 2.32. The average Bonchev–Trinajstić information content (AvgIpc) is 3.23. The van der Waals surface area contributed by atoms with Gasteiger partial charge in [0.25, 0.3) is 0 Å². The van der Waals surface area contributed by atoms with Gasteiger partial charge in [0, 0.05) is 25.0 Å². The lowest BCUT2D eigenvalue weighted by molar-refractivity contribution is -0.117. The summed E-state index contributed by atoms with van der Waals surface area (Å²) in [6.07, 6.45) is 4.24. The Kier molecular flexibility index (Phi) is 5.28. The fourth-order valence-electron chi connectivity index (χ4n) is 3.45. The predicted octanol–water partition coefficient (Wildman–Crippen LogP) is 2.82. The first kappa shape index (κ1) is 17.4. The summed E-state index contributed by atoms with van der Waals surface area (Å²) in [5.74, 6) is 1.25. The molecule has 0 radical (unpaired) electrons. The van der Waals surface area contributed by atoms with Crippen molar-refractivity contribution in [2.45, 2.75) is 18.9 Å². The number of amides is 1. The molecule has 6 heteroatoms. The van der Waals surface area contributed by atoms with E-state index in [2.05, 4.69) is 20.9 Å². The Balaban J connectivity index is 1.67. The van der Waals surface area contributed by atoms with Gasteiger partial charge in [-0.3, -0.25) is 9.69 Å². The van der Waals surface area contributed by atoms with E-state index in [0.717, 1.165) is 19.4 Å². The highest BCUT2D eigenvalue weighted by atomic mass is 16.5. The fraction of sp³-hybridized carbons (Fsp3) is 0.421. The molecule has 0 spiro atoms. The van der Waals surface area contributed by atoms with Gasteiger partial charge in [0.2, 0.25) is 5.91 Å². The molecule has 2 aromatic rings. The molecule has 0 unspecified atom stereocenters. The van der Waals surface area contributed by atoms with Crippen LogP contribution in [-0.2, 0) is 11.8 Å². The molecule has 1 N–H and O–H groups in total. The molecule has 1 saturated heterocycles. The number of carbonyl (C=O) groups excluding carboxylic acids is 1. The zero-order chi connectivity index (χ0) is 17.8. The molecule has 1 aromatic carbocycles. The minimum atomic E-state index is -0.0374. The second-order valence-corrected chi connectivity index (χ2v) is 6.29. The smallest absolute Gasteiger partial charge is 0.238 e. The number of nitrogens with one attached hydrogen (secondary N) is 1. The van der Waals surface area contributed by atoms with Crippen LogP contribution >= 0.6 is 0 Å². The fourth-order valence-corrected chi connectivity index (χ4v) is 3.45. The van der Waals surface area contributed by atoms with Crippen LogP contribution in [-0.4, -0.2) is 42.7 Å². The van der Waals surface area contributed by atoms with Gasteiger partial charge in [0.1, 0.15) is 11.5 Å². The van der Waals surface area contributed by atoms with Gasteiger partial charge in [0.15, 0.2) is 0 Å². The molecule has 3 rings (SSSR count). The highest BCUT2D eigenvalue weighted by Gasteiger charge is 2.29. The van der Waals surface area contributed by atoms with Crippen LogP contribution in [0, 0.1) is 0 Å². The van der Waals surface area contributed by atoms with E-state index in [4.69, 9.17) is 9.47 Å². The number of ether oxygens (including phenoxy) is 2. The highest BCUT2D eigenvalue weighted by molar-refractivity contribution is 5.93. The first-order valence-corrected chi connectivity index (χ1v) is 8.49. The minimum absolute atomic E-state index is 0.0374. The van der Waals surface area contributed by atoms with Crippen LogP contribution in [0.1, 0.15) is 24.6 Å². The van der Waals surface area contributed by atoms with Gasteiger partial charge < -0.3 is 19.4 Å². The molecule has 134 valence electrons. The number of aromatic nitrogens is 1. The standard InChI is InChI=1S/C19H25N3O3/c1-21-10-4-6-16(21)17-7-5-11-22(17)13-19(23)20-15-9-8-14(24-2)12-18(15)25-3/h4,6,8-10,12,17H,5,7,11,13H2,1-3H3,(H,20,23)/t17-/m1/s1. The normalized spacial score (nSPS) is 17.5. The van der Waals surface area contributed by atoms with Gasteiger partial charge in [-0.1, -0.05) is 0 Å². The van der Waals surface area contributed by atoms with Crippen molar-refractivity contribution in [1.82, 2.24) is 9.47 Å². The zero-order valence-corrected chi connectivity index (χ0v) is 15.0. The Labute approximate surface area is 148 Å². The largest absolute Gasteiger partial charge is 0.497 e. The van der Waals surface area contributed by atoms with Crippen molar-refractivity contribution in [2.24, 2.45) is 7.05 Å². The molecule has 1 amide bonds. The van der Waals surface area contributed by atoms with E-state index < -0.39 is 0 Å². The summed E-state index contributed by atoms with van der Waals surface area (Å²) >= 11 is 0. The van der Waals surface area contributed by atoms with Crippen LogP contribution < -0.4 is 14.8 Å². The van der Waals surface area contributed by atoms with Gasteiger partial charge >= 0.3 is 0 Å². The number of carbonyl (C=O) groups is 1. The number of likely N-dealkylation sites (tertiary alicyclic amines) is 1. The van der Waals surface area contributed by atoms with E-state index in [-0.39, 0.29) is 5.91 Å². The number of rotatable bonds is 6. The van der Waals surface area contributed by atoms with Crippen LogP contribution in [0.25, 0.3) is 0 Å². The lowest BCUT2D eigenvalue weighted by Crippen LogP contribution is -2.33. The quantitative estimate of drug-likeness (QED) is 0.876. The number of nitrogens with zero attached hydrogens (tertiary/aromatic N) is 2. The van der Waals surface area contributed by atoms with Crippen LogP contribution in [0.3, 0.4) is 0 Å². The van der Waals surface area contributed by atoms with Gasteiger partial charge in [-0.15, -0.1) is 0 Å². The topological polar surface area (TPSA) is 55.7 Å². The summed E-state index contributed by atoms with van der Waals surface area (Å²) in [7, 11) is 5.23. The molecule has 2 heterocycles. The molecule has 0 bridgehead atoms. The third-order valence-electron chi connectivity index (χ3n) is 4.72. The monoisotopic (exact) mass is 343 g/mol. The Morgan fingerprint density at radius 1 is 1.28 bits per heavy atom. The third-order valence-corrected chi connectivity index (χ3v) is 4.72. The van der Waals surface area contributed by atoms with E-state index in [9.17, 15) is 4.79 Å². The Morgan fingerprint density at radius 3 is 2.80 bits per heavy atom. The van der Waals surface area contributed by atoms with Crippen LogP contribution in [0.4, 0.5) is 5.69 Å². The molecule has 1 aliphatic heterocycles. The lowest BCUT2D eigenvalue weighted by Gasteiger charge is -2.24. The van der Waals surface area contributed by atoms with E-state index in [1.807, 2.05) is 19.3 Å². The summed E-state index contributed by atoms with van der Waals surface area (Å²) in [5, 5.41) is 2.95. The first-order valence-electron chi connectivity index (χ1n) is 8.49. The van der Waals surface area contributed by atoms with E-state index in [0.29, 0.717) is 29.8 Å². The molecule has 6 nitrogen and oxygen atoms in total. The molecule has 1 aromatic heterocycles. The maximum absolute atomic E-state index is 12.5. The van der Waals surface area contributed by atoms with E-state index in [1.165, 1.54) is 5.69 Å². The Bertz CT molecular complexity index is 741. The van der Waals surface area contributed by atoms with Crippen molar-refractivity contribution in [2.75, 3.05) is 32.6 Å². The second-order valence-electron chi connectivity index (χ2n) is 6.29. The van der Waals surface area contributed by atoms with Crippen molar-refractivity contribution >= 4 is 11.6 Å². The maximum atomic E-state index is 12.5. The molecular weight excluding hydrogens is 318 g/mol. The molecule has 1 fully saturated rings. The van der Waals surface area contributed by atoms with E-state index >= 15 is 0 Å². The maximum Gasteiger partial charge on any atom is 0.238 e. The molecule has 25 heavy (non-hydrogen) atoms. The summed E-state index contributed by atoms with van der Waals surface area (Å²) in [4.78, 5) is 14.8. The second kappa shape index (κ2) is 7.61. The van der Waals surface area contributed by atoms with Gasteiger partial charge in [-0.05, 0) is 43.7 Å². The minimum Gasteiger partial charge on any atom is -0.497 e. The van der Waals surface area contributed by atoms with Crippen molar-refractivity contribution in [1.29, 1.82) is 0 Å². The van der Waals surface area contributed by atoms with Crippen molar-refractivity contribution in [3.8, 4) is 11.5 Å². The summed E-state index contributed by atoms with van der Waals surface area (Å²) in [6.45, 7) is 1.30. The number of hydrogen-bond acceptors (Lipinski definition) is 4. The SMILES string of the molecule is COc1ccc(NC(=O)CN2CCC[C@@H]2c2cccn2C)c(OC)c1. The molecule has 1 atom stereocenters. The Hall–Kier alpha value is -2.47. The van der Waals surface area contributed by atoms with Crippen LogP contribution in [0.15, 0.2) is 36.5 Å². The number of benzene rings is 1. The number of aryl methyl sites for hydroxylation is 1. The van der Waals surface area contributed by atoms with Crippen molar-refractivity contribution in [3.05, 3.63) is 42.2 Å². The number of anilines is 1. The van der Waals surface area contributed by atoms with Crippen molar-refractivity contribution < 1.29 is 14.3 Å². The Morgan fingerprint density at radius 2 is 2.12 bits per heavy atom. The summed E-state index contributed by atoms with van der Waals surface area (Å²) in [5.41, 5.74) is 1.91. The zero-order valence-electron chi connectivity index (χ0n) is 15.0. The lowest BCUT2D eigenvalue weighted by atomic mass is 10.1. The average molecular weight is 343 g/mol. The molecule has 0 aliphatic carbocycles. The van der Waals surface area contributed by atoms with Crippen LogP contribution in [0.2, 0.25) is 0 Å². The summed E-state index contributed by atoms with van der Waals surface area (Å²) < 4.78 is 12.7. The number of hydrogen-bond donors (Lipinski definition) is 1. The predicted molar refractivity (Wildman–Crippen MR) is 97.1 cm³/mol.